The van der Waals surface area contributed by atoms with E-state index >= 15 is 0 Å². The minimum absolute atomic E-state index is 0.0315. The molecule has 136 valence electrons. The zero-order valence-electron chi connectivity index (χ0n) is 13.6. The molecule has 1 N–H and O–H groups in total. The van der Waals surface area contributed by atoms with Crippen LogP contribution >= 0.6 is 11.6 Å². The number of rotatable bonds is 3. The number of anilines is 2. The highest BCUT2D eigenvalue weighted by molar-refractivity contribution is 7.94. The van der Waals surface area contributed by atoms with Crippen LogP contribution in [0, 0.1) is 11.7 Å². The zero-order valence-corrected chi connectivity index (χ0v) is 15.1. The van der Waals surface area contributed by atoms with Gasteiger partial charge in [-0.3, -0.25) is 9.59 Å². The summed E-state index contributed by atoms with van der Waals surface area (Å²) < 4.78 is 38.3. The van der Waals surface area contributed by atoms with Gasteiger partial charge < -0.3 is 5.32 Å². The van der Waals surface area contributed by atoms with Crippen molar-refractivity contribution in [3.05, 3.63) is 58.9 Å². The number of hydrogen-bond acceptors (Lipinski definition) is 4. The van der Waals surface area contributed by atoms with Gasteiger partial charge in [-0.2, -0.15) is 0 Å². The zero-order chi connectivity index (χ0) is 19.1. The van der Waals surface area contributed by atoms with E-state index in [4.69, 9.17) is 11.6 Å². The summed E-state index contributed by atoms with van der Waals surface area (Å²) in [7, 11) is -3.80. The molecule has 0 aliphatic carbocycles. The van der Waals surface area contributed by atoms with Gasteiger partial charge in [-0.1, -0.05) is 24.6 Å². The third-order valence-electron chi connectivity index (χ3n) is 3.87. The van der Waals surface area contributed by atoms with Crippen LogP contribution in [0.4, 0.5) is 15.8 Å². The van der Waals surface area contributed by atoms with Crippen LogP contribution in [0.25, 0.3) is 0 Å². The number of amides is 2. The first-order chi connectivity index (χ1) is 12.2. The number of nitrogens with one attached hydrogen (secondary N) is 1. The molecule has 6 nitrogen and oxygen atoms in total. The SMILES string of the molecule is CC1CS(=O)(=O)N(c2ccc(Cl)c(C(=O)Nc3cccc(F)c3)c2)C1=O. The largest absolute Gasteiger partial charge is 0.322 e. The Morgan fingerprint density at radius 3 is 2.62 bits per heavy atom. The number of sulfonamides is 1. The monoisotopic (exact) mass is 396 g/mol. The lowest BCUT2D eigenvalue weighted by Crippen LogP contribution is -2.30. The average molecular weight is 397 g/mol. The van der Waals surface area contributed by atoms with Gasteiger partial charge in [0, 0.05) is 5.69 Å². The standard InChI is InChI=1S/C17H14ClFN2O4S/c1-10-9-26(24,25)21(17(10)23)13-5-6-15(18)14(8-13)16(22)20-12-4-2-3-11(19)7-12/h2-8,10H,9H2,1H3,(H,20,22). The van der Waals surface area contributed by atoms with Crippen molar-refractivity contribution in [2.24, 2.45) is 5.92 Å². The van der Waals surface area contributed by atoms with Crippen molar-refractivity contribution in [2.75, 3.05) is 15.4 Å². The molecule has 2 aromatic carbocycles. The molecule has 26 heavy (non-hydrogen) atoms. The first-order valence-corrected chi connectivity index (χ1v) is 9.61. The fourth-order valence-electron chi connectivity index (χ4n) is 2.67. The maximum Gasteiger partial charge on any atom is 0.257 e. The number of halogens is 2. The quantitative estimate of drug-likeness (QED) is 0.864. The van der Waals surface area contributed by atoms with E-state index in [0.29, 0.717) is 4.31 Å². The molecule has 1 atom stereocenters. The fourth-order valence-corrected chi connectivity index (χ4v) is 4.68. The van der Waals surface area contributed by atoms with Gasteiger partial charge in [-0.25, -0.2) is 17.1 Å². The molecule has 9 heteroatoms. The van der Waals surface area contributed by atoms with Crippen molar-refractivity contribution in [1.29, 1.82) is 0 Å². The smallest absolute Gasteiger partial charge is 0.257 e. The Bertz CT molecular complexity index is 1010. The van der Waals surface area contributed by atoms with Crippen LogP contribution in [0.15, 0.2) is 42.5 Å². The molecule has 1 saturated heterocycles. The van der Waals surface area contributed by atoms with E-state index in [9.17, 15) is 22.4 Å². The molecule has 0 bridgehead atoms. The van der Waals surface area contributed by atoms with Crippen molar-refractivity contribution >= 4 is 44.8 Å². The van der Waals surface area contributed by atoms with E-state index in [-0.39, 0.29) is 27.7 Å². The molecule has 1 aliphatic heterocycles. The summed E-state index contributed by atoms with van der Waals surface area (Å²) in [5, 5.41) is 2.55. The molecule has 0 aromatic heterocycles. The van der Waals surface area contributed by atoms with Gasteiger partial charge in [-0.05, 0) is 36.4 Å². The van der Waals surface area contributed by atoms with Gasteiger partial charge in [0.15, 0.2) is 0 Å². The molecule has 1 unspecified atom stereocenters. The van der Waals surface area contributed by atoms with Crippen molar-refractivity contribution < 1.29 is 22.4 Å². The third-order valence-corrected chi connectivity index (χ3v) is 6.07. The number of benzene rings is 2. The highest BCUT2D eigenvalue weighted by Crippen LogP contribution is 2.31. The summed E-state index contributed by atoms with van der Waals surface area (Å²) in [5.41, 5.74) is 0.221. The average Bonchev–Trinajstić information content (AvgIpc) is 2.76. The molecule has 1 fully saturated rings. The molecular weight excluding hydrogens is 383 g/mol. The van der Waals surface area contributed by atoms with Crippen molar-refractivity contribution in [2.45, 2.75) is 6.92 Å². The molecule has 0 radical (unpaired) electrons. The number of carbonyl (C=O) groups excluding carboxylic acids is 2. The Kier molecular flexibility index (Phi) is 4.72. The second kappa shape index (κ2) is 6.69. The minimum atomic E-state index is -3.80. The highest BCUT2D eigenvalue weighted by Gasteiger charge is 2.42. The summed E-state index contributed by atoms with van der Waals surface area (Å²) in [4.78, 5) is 24.6. The van der Waals surface area contributed by atoms with Crippen molar-refractivity contribution in [3.8, 4) is 0 Å². The van der Waals surface area contributed by atoms with Crippen molar-refractivity contribution in [1.82, 2.24) is 0 Å². The molecule has 0 saturated carbocycles. The molecule has 1 heterocycles. The first-order valence-electron chi connectivity index (χ1n) is 7.62. The maximum absolute atomic E-state index is 13.2. The van der Waals surface area contributed by atoms with Crippen LogP contribution in [0.1, 0.15) is 17.3 Å². The normalized spacial score (nSPS) is 18.8. The van der Waals surface area contributed by atoms with E-state index < -0.39 is 33.6 Å². The van der Waals surface area contributed by atoms with E-state index in [1.165, 1.54) is 43.3 Å². The predicted molar refractivity (Wildman–Crippen MR) is 96.2 cm³/mol. The molecule has 0 spiro atoms. The predicted octanol–water partition coefficient (Wildman–Crippen LogP) is 3.04. The third kappa shape index (κ3) is 3.42. The Labute approximate surface area is 154 Å². The van der Waals surface area contributed by atoms with E-state index in [0.717, 1.165) is 6.07 Å². The number of nitrogens with zero attached hydrogens (tertiary/aromatic N) is 1. The lowest BCUT2D eigenvalue weighted by Gasteiger charge is -2.17. The van der Waals surface area contributed by atoms with Crippen LogP contribution in [-0.2, 0) is 14.8 Å². The van der Waals surface area contributed by atoms with Crippen molar-refractivity contribution in [3.63, 3.8) is 0 Å². The summed E-state index contributed by atoms with van der Waals surface area (Å²) in [5.74, 6) is -2.70. The van der Waals surface area contributed by atoms with Gasteiger partial charge >= 0.3 is 0 Å². The Hall–Kier alpha value is -2.45. The minimum Gasteiger partial charge on any atom is -0.322 e. The van der Waals surface area contributed by atoms with E-state index in [1.807, 2.05) is 0 Å². The molecule has 2 amide bonds. The second-order valence-electron chi connectivity index (χ2n) is 5.91. The summed E-state index contributed by atoms with van der Waals surface area (Å²) in [6, 6.07) is 9.21. The number of carbonyl (C=O) groups is 2. The van der Waals surface area contributed by atoms with E-state index in [1.54, 1.807) is 0 Å². The Morgan fingerprint density at radius 2 is 2.00 bits per heavy atom. The second-order valence-corrected chi connectivity index (χ2v) is 8.18. The Morgan fingerprint density at radius 1 is 1.27 bits per heavy atom. The van der Waals surface area contributed by atoms with Gasteiger partial charge in [0.05, 0.1) is 27.9 Å². The maximum atomic E-state index is 13.2. The fraction of sp³-hybridized carbons (Fsp3) is 0.176. The van der Waals surface area contributed by atoms with Crippen LogP contribution < -0.4 is 9.62 Å². The molecular formula is C17H14ClFN2O4S. The molecule has 3 rings (SSSR count). The van der Waals surface area contributed by atoms with Crippen LogP contribution in [0.2, 0.25) is 5.02 Å². The summed E-state index contributed by atoms with van der Waals surface area (Å²) >= 11 is 6.04. The van der Waals surface area contributed by atoms with Crippen LogP contribution in [0.5, 0.6) is 0 Å². The lowest BCUT2D eigenvalue weighted by atomic mass is 10.1. The van der Waals surface area contributed by atoms with Gasteiger partial charge in [-0.15, -0.1) is 0 Å². The van der Waals surface area contributed by atoms with Crippen LogP contribution in [-0.4, -0.2) is 26.0 Å². The number of hydrogen-bond donors (Lipinski definition) is 1. The molecule has 1 aliphatic rings. The first kappa shape index (κ1) is 18.3. The van der Waals surface area contributed by atoms with Gasteiger partial charge in [0.2, 0.25) is 15.9 Å². The highest BCUT2D eigenvalue weighted by atomic mass is 35.5. The lowest BCUT2D eigenvalue weighted by molar-refractivity contribution is -0.119. The van der Waals surface area contributed by atoms with Crippen LogP contribution in [0.3, 0.4) is 0 Å². The Balaban J connectivity index is 1.95. The van der Waals surface area contributed by atoms with Gasteiger partial charge in [0.1, 0.15) is 5.82 Å². The topological polar surface area (TPSA) is 83.6 Å². The molecule has 2 aromatic rings. The van der Waals surface area contributed by atoms with Gasteiger partial charge in [0.25, 0.3) is 5.91 Å². The summed E-state index contributed by atoms with van der Waals surface area (Å²) in [6.45, 7) is 1.52. The summed E-state index contributed by atoms with van der Waals surface area (Å²) in [6.07, 6.45) is 0. The van der Waals surface area contributed by atoms with E-state index in [2.05, 4.69) is 5.32 Å².